The van der Waals surface area contributed by atoms with Gasteiger partial charge >= 0.3 is 6.09 Å². The zero-order valence-electron chi connectivity index (χ0n) is 9.50. The number of carbonyl (C=O) groups excluding carboxylic acids is 1. The molecule has 1 N–H and O–H groups in total. The summed E-state index contributed by atoms with van der Waals surface area (Å²) in [6, 6.07) is 8.90. The molecule has 1 heterocycles. The van der Waals surface area contributed by atoms with Crippen LogP contribution in [0.1, 0.15) is 23.8 Å². The highest BCUT2D eigenvalue weighted by molar-refractivity contribution is 7.15. The van der Waals surface area contributed by atoms with E-state index in [0.29, 0.717) is 16.8 Å². The number of anilines is 1. The van der Waals surface area contributed by atoms with Gasteiger partial charge in [0, 0.05) is 5.92 Å². The Morgan fingerprint density at radius 1 is 1.28 bits per heavy atom. The molecule has 2 aromatic rings. The summed E-state index contributed by atoms with van der Waals surface area (Å²) in [5.74, 6) is 1.05. The monoisotopic (exact) mass is 261 g/mol. The molecule has 0 atom stereocenters. The third kappa shape index (κ3) is 2.65. The largest absolute Gasteiger partial charge is 0.418 e. The van der Waals surface area contributed by atoms with Crippen LogP contribution in [0.5, 0.6) is 5.75 Å². The van der Waals surface area contributed by atoms with Crippen molar-refractivity contribution < 1.29 is 9.53 Å². The molecule has 1 amide bonds. The number of hydrogen-bond acceptors (Lipinski definition) is 5. The van der Waals surface area contributed by atoms with E-state index in [4.69, 9.17) is 4.74 Å². The highest BCUT2D eigenvalue weighted by atomic mass is 32.1. The Morgan fingerprint density at radius 3 is 2.78 bits per heavy atom. The number of hydrogen-bond donors (Lipinski definition) is 1. The van der Waals surface area contributed by atoms with Crippen LogP contribution in [0.25, 0.3) is 0 Å². The third-order valence-electron chi connectivity index (χ3n) is 2.53. The van der Waals surface area contributed by atoms with Gasteiger partial charge in [0.15, 0.2) is 0 Å². The summed E-state index contributed by atoms with van der Waals surface area (Å²) < 4.78 is 5.09. The first-order valence-corrected chi connectivity index (χ1v) is 6.50. The number of amides is 1. The fourth-order valence-corrected chi connectivity index (χ4v) is 2.39. The fourth-order valence-electron chi connectivity index (χ4n) is 1.49. The second-order valence-electron chi connectivity index (χ2n) is 4.05. The van der Waals surface area contributed by atoms with E-state index in [1.165, 1.54) is 24.2 Å². The number of nitrogens with one attached hydrogen (secondary N) is 1. The normalized spacial score (nSPS) is 14.2. The Labute approximate surface area is 108 Å². The van der Waals surface area contributed by atoms with Crippen LogP contribution in [0, 0.1) is 0 Å². The second-order valence-corrected chi connectivity index (χ2v) is 5.06. The van der Waals surface area contributed by atoms with Gasteiger partial charge in [0.2, 0.25) is 5.13 Å². The Balaban J connectivity index is 1.59. The van der Waals surface area contributed by atoms with Crippen molar-refractivity contribution in [2.75, 3.05) is 5.32 Å². The van der Waals surface area contributed by atoms with Gasteiger partial charge in [0.05, 0.1) is 0 Å². The lowest BCUT2D eigenvalue weighted by Crippen LogP contribution is -2.16. The van der Waals surface area contributed by atoms with Gasteiger partial charge < -0.3 is 4.74 Å². The molecule has 1 fully saturated rings. The number of aromatic nitrogens is 2. The molecule has 3 rings (SSSR count). The maximum atomic E-state index is 11.6. The Hall–Kier alpha value is -1.95. The minimum atomic E-state index is -0.542. The summed E-state index contributed by atoms with van der Waals surface area (Å²) in [5.41, 5.74) is 0. The summed E-state index contributed by atoms with van der Waals surface area (Å²) in [4.78, 5) is 11.6. The molecule has 1 aliphatic rings. The van der Waals surface area contributed by atoms with Crippen LogP contribution in [0.4, 0.5) is 9.93 Å². The molecule has 1 aromatic carbocycles. The van der Waals surface area contributed by atoms with Crippen LogP contribution in [0.15, 0.2) is 30.3 Å². The minimum Gasteiger partial charge on any atom is -0.410 e. The van der Waals surface area contributed by atoms with Gasteiger partial charge in [-0.05, 0) is 25.0 Å². The molecule has 1 saturated carbocycles. The van der Waals surface area contributed by atoms with Gasteiger partial charge in [-0.2, -0.15) is 0 Å². The van der Waals surface area contributed by atoms with E-state index in [0.717, 1.165) is 5.01 Å². The zero-order chi connectivity index (χ0) is 12.4. The van der Waals surface area contributed by atoms with Gasteiger partial charge in [-0.1, -0.05) is 29.5 Å². The van der Waals surface area contributed by atoms with Crippen molar-refractivity contribution in [2.45, 2.75) is 18.8 Å². The number of nitrogens with zero attached hydrogens (tertiary/aromatic N) is 2. The van der Waals surface area contributed by atoms with Crippen molar-refractivity contribution in [1.29, 1.82) is 0 Å². The minimum absolute atomic E-state index is 0.484. The van der Waals surface area contributed by atoms with Crippen molar-refractivity contribution in [2.24, 2.45) is 0 Å². The molecule has 6 heteroatoms. The van der Waals surface area contributed by atoms with E-state index in [1.807, 2.05) is 6.07 Å². The van der Waals surface area contributed by atoms with Crippen LogP contribution in [-0.4, -0.2) is 16.3 Å². The average Bonchev–Trinajstić information content (AvgIpc) is 3.12. The number of ether oxygens (including phenoxy) is 1. The number of benzene rings is 1. The lowest BCUT2D eigenvalue weighted by Gasteiger charge is -2.02. The molecule has 0 radical (unpaired) electrons. The number of carbonyl (C=O) groups is 1. The Morgan fingerprint density at radius 2 is 2.06 bits per heavy atom. The van der Waals surface area contributed by atoms with Gasteiger partial charge in [-0.15, -0.1) is 10.2 Å². The van der Waals surface area contributed by atoms with E-state index in [1.54, 1.807) is 24.3 Å². The molecule has 0 spiro atoms. The molecule has 1 aromatic heterocycles. The predicted octanol–water partition coefficient (Wildman–Crippen LogP) is 3.03. The summed E-state index contributed by atoms with van der Waals surface area (Å²) in [7, 11) is 0. The Kier molecular flexibility index (Phi) is 2.93. The van der Waals surface area contributed by atoms with Crippen LogP contribution in [0.2, 0.25) is 0 Å². The van der Waals surface area contributed by atoms with Gasteiger partial charge in [0.1, 0.15) is 10.8 Å². The summed E-state index contributed by atoms with van der Waals surface area (Å²) in [6.45, 7) is 0. The second kappa shape index (κ2) is 4.73. The van der Waals surface area contributed by atoms with E-state index >= 15 is 0 Å². The van der Waals surface area contributed by atoms with Crippen LogP contribution in [-0.2, 0) is 0 Å². The molecule has 5 nitrogen and oxygen atoms in total. The van der Waals surface area contributed by atoms with Crippen molar-refractivity contribution in [3.8, 4) is 5.75 Å². The lowest BCUT2D eigenvalue weighted by atomic mass is 10.3. The summed E-state index contributed by atoms with van der Waals surface area (Å²) in [5, 5.41) is 12.0. The summed E-state index contributed by atoms with van der Waals surface area (Å²) >= 11 is 1.41. The fraction of sp³-hybridized carbons (Fsp3) is 0.250. The van der Waals surface area contributed by atoms with Gasteiger partial charge in [0.25, 0.3) is 0 Å². The molecule has 92 valence electrons. The van der Waals surface area contributed by atoms with E-state index in [-0.39, 0.29) is 0 Å². The van der Waals surface area contributed by atoms with Gasteiger partial charge in [-0.3, -0.25) is 5.32 Å². The molecule has 18 heavy (non-hydrogen) atoms. The molecule has 0 unspecified atom stereocenters. The van der Waals surface area contributed by atoms with E-state index in [9.17, 15) is 4.79 Å². The molecule has 0 saturated heterocycles. The van der Waals surface area contributed by atoms with Crippen LogP contribution >= 0.6 is 11.3 Å². The molecule has 0 aliphatic heterocycles. The van der Waals surface area contributed by atoms with Crippen molar-refractivity contribution >= 4 is 22.6 Å². The Bertz CT molecular complexity index is 551. The molecular formula is C12H11N3O2S. The van der Waals surface area contributed by atoms with E-state index in [2.05, 4.69) is 15.5 Å². The third-order valence-corrected chi connectivity index (χ3v) is 3.53. The first kappa shape index (κ1) is 11.2. The number of rotatable bonds is 3. The highest BCUT2D eigenvalue weighted by Crippen LogP contribution is 2.42. The maximum absolute atomic E-state index is 11.6. The standard InChI is InChI=1S/C12H11N3O2S/c16-12(17-9-4-2-1-3-5-9)13-11-15-14-10(18-11)8-6-7-8/h1-5,8H,6-7H2,(H,13,15,16). The smallest absolute Gasteiger partial charge is 0.410 e. The topological polar surface area (TPSA) is 64.1 Å². The van der Waals surface area contributed by atoms with Crippen molar-refractivity contribution in [3.05, 3.63) is 35.3 Å². The van der Waals surface area contributed by atoms with Crippen LogP contribution < -0.4 is 10.1 Å². The maximum Gasteiger partial charge on any atom is 0.418 e. The first-order chi connectivity index (χ1) is 8.81. The van der Waals surface area contributed by atoms with Crippen LogP contribution in [0.3, 0.4) is 0 Å². The van der Waals surface area contributed by atoms with Gasteiger partial charge in [-0.25, -0.2) is 4.79 Å². The predicted molar refractivity (Wildman–Crippen MR) is 68.0 cm³/mol. The molecule has 0 bridgehead atoms. The highest BCUT2D eigenvalue weighted by Gasteiger charge is 2.27. The van der Waals surface area contributed by atoms with Crippen molar-refractivity contribution in [1.82, 2.24) is 10.2 Å². The number of para-hydroxylation sites is 1. The first-order valence-electron chi connectivity index (χ1n) is 5.68. The molecular weight excluding hydrogens is 250 g/mol. The van der Waals surface area contributed by atoms with E-state index < -0.39 is 6.09 Å². The SMILES string of the molecule is O=C(Nc1nnc(C2CC2)s1)Oc1ccccc1. The quantitative estimate of drug-likeness (QED) is 0.922. The van der Waals surface area contributed by atoms with Crippen molar-refractivity contribution in [3.63, 3.8) is 0 Å². The summed E-state index contributed by atoms with van der Waals surface area (Å²) in [6.07, 6.45) is 1.80. The average molecular weight is 261 g/mol. The lowest BCUT2D eigenvalue weighted by molar-refractivity contribution is 0.215. The molecule has 1 aliphatic carbocycles. The zero-order valence-corrected chi connectivity index (χ0v) is 10.3.